The van der Waals surface area contributed by atoms with Crippen LogP contribution in [-0.4, -0.2) is 113 Å². The van der Waals surface area contributed by atoms with Crippen molar-refractivity contribution in [2.75, 3.05) is 87.7 Å². The minimum Gasteiger partial charge on any atom is -0.331 e. The Balaban J connectivity index is 0.000000182. The van der Waals surface area contributed by atoms with Crippen LogP contribution in [0.4, 0.5) is 37.4 Å². The number of nitrogens with one attached hydrogen (secondary N) is 4. The lowest BCUT2D eigenvalue weighted by Gasteiger charge is -2.32. The van der Waals surface area contributed by atoms with E-state index in [4.69, 9.17) is 0 Å². The van der Waals surface area contributed by atoms with Gasteiger partial charge in [-0.3, -0.25) is 24.4 Å². The van der Waals surface area contributed by atoms with E-state index in [1.165, 1.54) is 45.9 Å². The Morgan fingerprint density at radius 3 is 1.68 bits per heavy atom. The van der Waals surface area contributed by atoms with Crippen LogP contribution < -0.4 is 21.3 Å². The molecule has 2 aliphatic heterocycles. The van der Waals surface area contributed by atoms with Gasteiger partial charge in [0.05, 0.1) is 11.4 Å². The van der Waals surface area contributed by atoms with Crippen molar-refractivity contribution >= 4 is 83.4 Å². The van der Waals surface area contributed by atoms with E-state index < -0.39 is 0 Å². The van der Waals surface area contributed by atoms with Crippen molar-refractivity contribution in [2.45, 2.75) is 26.9 Å². The number of hydrogen-bond donors (Lipinski definition) is 4. The van der Waals surface area contributed by atoms with Crippen LogP contribution >= 0.6 is 38.6 Å². The van der Waals surface area contributed by atoms with Crippen LogP contribution in [0, 0.1) is 19.7 Å². The highest BCUT2D eigenvalue weighted by molar-refractivity contribution is 9.10. The van der Waals surface area contributed by atoms with Crippen molar-refractivity contribution < 1.29 is 14.0 Å². The number of benzene rings is 5. The first-order chi connectivity index (χ1) is 35.9. The molecule has 0 aliphatic carbocycles. The standard InChI is InChI=1S/C29H30FN5OS.C28H29BrN6OS/c1-20-3-12-25(17-26(20)32-29-33-27(19-37-29)22-8-10-24(30)11-9-22)31-28(36)23-6-4-21(5-7-23)18-35-15-13-34(2)14-16-35;1-19-5-8-23(15-25(19)32-28-33-26(18-37-28)21-4-3-9-30-16-21)31-27(36)20-6-7-22(24(29)14-20)17-35-12-10-34(2)11-13-35/h3-12,17,19H,13-16,18H2,1-2H3,(H,31,36)(H,32,33);3-9,14-16,18H,10-13,17H2,1-2H3,(H,31,36)(H,32,33). The molecule has 0 unspecified atom stereocenters. The molecule has 0 saturated carbocycles. The summed E-state index contributed by atoms with van der Waals surface area (Å²) in [7, 11) is 4.31. The van der Waals surface area contributed by atoms with E-state index in [0.29, 0.717) is 16.8 Å². The lowest BCUT2D eigenvalue weighted by atomic mass is 10.1. The number of nitrogens with zero attached hydrogens (tertiary/aromatic N) is 7. The van der Waals surface area contributed by atoms with Gasteiger partial charge in [0.15, 0.2) is 10.3 Å². The lowest BCUT2D eigenvalue weighted by Crippen LogP contribution is -2.43. The summed E-state index contributed by atoms with van der Waals surface area (Å²) in [6.07, 6.45) is 3.55. The SMILES string of the molecule is Cc1ccc(NC(=O)c2ccc(CN3CCN(C)CC3)c(Br)c2)cc1Nc1nc(-c2cccnc2)cs1.Cc1ccc(NC(=O)c2ccc(CN3CCN(C)CC3)cc2)cc1Nc1nc(-c2ccc(F)cc2)cs1. The number of pyridine rings is 1. The maximum atomic E-state index is 13.2. The number of rotatable bonds is 14. The van der Waals surface area contributed by atoms with Crippen molar-refractivity contribution in [1.82, 2.24) is 34.6 Å². The van der Waals surface area contributed by atoms with Gasteiger partial charge in [-0.2, -0.15) is 0 Å². The van der Waals surface area contributed by atoms with E-state index in [2.05, 4.69) is 85.8 Å². The highest BCUT2D eigenvalue weighted by atomic mass is 79.9. The first-order valence-corrected chi connectivity index (χ1v) is 27.1. The molecule has 0 radical (unpaired) electrons. The van der Waals surface area contributed by atoms with Gasteiger partial charge in [-0.05, 0) is 135 Å². The van der Waals surface area contributed by atoms with Crippen LogP contribution in [0.25, 0.3) is 22.5 Å². The number of aryl methyl sites for hydroxylation is 2. The summed E-state index contributed by atoms with van der Waals surface area (Å²) in [4.78, 5) is 49.0. The molecule has 5 aromatic carbocycles. The second-order valence-corrected chi connectivity index (χ2v) is 21.3. The third kappa shape index (κ3) is 14.1. The summed E-state index contributed by atoms with van der Waals surface area (Å²) >= 11 is 6.68. The van der Waals surface area contributed by atoms with Crippen molar-refractivity contribution in [1.29, 1.82) is 0 Å². The lowest BCUT2D eigenvalue weighted by molar-refractivity contribution is 0.101. The van der Waals surface area contributed by atoms with Crippen molar-refractivity contribution in [3.63, 3.8) is 0 Å². The largest absolute Gasteiger partial charge is 0.331 e. The van der Waals surface area contributed by atoms with Crippen molar-refractivity contribution in [3.8, 4) is 22.5 Å². The second kappa shape index (κ2) is 24.6. The maximum absolute atomic E-state index is 13.2. The molecule has 5 heterocycles. The normalized spacial score (nSPS) is 14.5. The number of thiazole rings is 2. The van der Waals surface area contributed by atoms with Gasteiger partial charge in [0.1, 0.15) is 5.82 Å². The Hall–Kier alpha value is -6.70. The van der Waals surface area contributed by atoms with Gasteiger partial charge in [0.25, 0.3) is 11.8 Å². The zero-order valence-electron chi connectivity index (χ0n) is 41.9. The monoisotopic (exact) mass is 1090 g/mol. The Bertz CT molecular complexity index is 3170. The predicted molar refractivity (Wildman–Crippen MR) is 304 cm³/mol. The van der Waals surface area contributed by atoms with Crippen LogP contribution in [-0.2, 0) is 13.1 Å². The Kier molecular flexibility index (Phi) is 17.3. The van der Waals surface area contributed by atoms with Gasteiger partial charge in [0.2, 0.25) is 0 Å². The van der Waals surface area contributed by atoms with Crippen LogP contribution in [0.3, 0.4) is 0 Å². The van der Waals surface area contributed by atoms with Crippen LogP contribution in [0.1, 0.15) is 43.0 Å². The third-order valence-electron chi connectivity index (χ3n) is 13.1. The summed E-state index contributed by atoms with van der Waals surface area (Å²) < 4.78 is 14.2. The maximum Gasteiger partial charge on any atom is 0.255 e. The Labute approximate surface area is 448 Å². The summed E-state index contributed by atoms with van der Waals surface area (Å²) in [6.45, 7) is 14.4. The third-order valence-corrected chi connectivity index (χ3v) is 15.4. The van der Waals surface area contributed by atoms with Gasteiger partial charge in [-0.25, -0.2) is 14.4 Å². The molecule has 380 valence electrons. The number of likely N-dealkylation sites (N-methyl/N-ethyl adjacent to an activating group) is 2. The smallest absolute Gasteiger partial charge is 0.255 e. The van der Waals surface area contributed by atoms with Gasteiger partial charge in [-0.1, -0.05) is 46.3 Å². The number of aromatic nitrogens is 3. The number of piperazine rings is 2. The molecular formula is C57H59BrFN11O2S2. The van der Waals surface area contributed by atoms with Gasteiger partial charge in [-0.15, -0.1) is 22.7 Å². The molecule has 0 atom stereocenters. The van der Waals surface area contributed by atoms with Crippen molar-refractivity contribution in [2.24, 2.45) is 0 Å². The van der Waals surface area contributed by atoms with E-state index >= 15 is 0 Å². The van der Waals surface area contributed by atoms with Crippen molar-refractivity contribution in [3.05, 3.63) is 182 Å². The fourth-order valence-electron chi connectivity index (χ4n) is 8.46. The minimum atomic E-state index is -0.270. The fourth-order valence-corrected chi connectivity index (χ4v) is 10.4. The molecule has 10 rings (SSSR count). The molecule has 2 saturated heterocycles. The summed E-state index contributed by atoms with van der Waals surface area (Å²) in [6, 6.07) is 35.5. The minimum absolute atomic E-state index is 0.144. The number of anilines is 6. The molecule has 4 N–H and O–H groups in total. The average Bonchev–Trinajstić information content (AvgIpc) is 4.09. The molecule has 74 heavy (non-hydrogen) atoms. The first-order valence-electron chi connectivity index (χ1n) is 24.5. The van der Waals surface area contributed by atoms with Gasteiger partial charge < -0.3 is 31.1 Å². The van der Waals surface area contributed by atoms with E-state index in [9.17, 15) is 14.0 Å². The quantitative estimate of drug-likeness (QED) is 0.0829. The number of hydrogen-bond acceptors (Lipinski definition) is 13. The van der Waals surface area contributed by atoms with E-state index in [1.807, 2.05) is 116 Å². The number of carbonyl (C=O) groups excluding carboxylic acids is 2. The predicted octanol–water partition coefficient (Wildman–Crippen LogP) is 12.0. The topological polar surface area (TPSA) is 134 Å². The highest BCUT2D eigenvalue weighted by Crippen LogP contribution is 2.32. The molecule has 8 aromatic rings. The fraction of sp³-hybridized carbons (Fsp3) is 0.246. The summed E-state index contributed by atoms with van der Waals surface area (Å²) in [5.41, 5.74) is 12.4. The zero-order chi connectivity index (χ0) is 51.6. The second-order valence-electron chi connectivity index (χ2n) is 18.7. The van der Waals surface area contributed by atoms with E-state index in [0.717, 1.165) is 131 Å². The number of carbonyl (C=O) groups is 2. The molecule has 0 spiro atoms. The molecule has 13 nitrogen and oxygen atoms in total. The van der Waals surface area contributed by atoms with Gasteiger partial charge >= 0.3 is 0 Å². The van der Waals surface area contributed by atoms with Crippen LogP contribution in [0.2, 0.25) is 0 Å². The molecule has 2 aliphatic rings. The van der Waals surface area contributed by atoms with Crippen LogP contribution in [0.15, 0.2) is 143 Å². The van der Waals surface area contributed by atoms with Gasteiger partial charge in [0, 0.05) is 138 Å². The Morgan fingerprint density at radius 1 is 0.608 bits per heavy atom. The van der Waals surface area contributed by atoms with E-state index in [-0.39, 0.29) is 17.6 Å². The zero-order valence-corrected chi connectivity index (χ0v) is 45.1. The Morgan fingerprint density at radius 2 is 1.14 bits per heavy atom. The summed E-state index contributed by atoms with van der Waals surface area (Å²) in [5, 5.41) is 18.2. The molecule has 0 bridgehead atoms. The summed E-state index contributed by atoms with van der Waals surface area (Å²) in [5.74, 6) is -0.558. The molecular weight excluding hydrogens is 1030 g/mol. The average molecular weight is 1090 g/mol. The molecule has 17 heteroatoms. The highest BCUT2D eigenvalue weighted by Gasteiger charge is 2.18. The van der Waals surface area contributed by atoms with Crippen LogP contribution in [0.5, 0.6) is 0 Å². The molecule has 3 aromatic heterocycles. The van der Waals surface area contributed by atoms with E-state index in [1.54, 1.807) is 24.5 Å². The number of halogens is 2. The molecule has 2 fully saturated rings. The first kappa shape index (κ1) is 52.2. The number of amides is 2. The molecule has 2 amide bonds.